The Morgan fingerprint density at radius 1 is 0.415 bits per heavy atom. The third-order valence-corrected chi connectivity index (χ3v) is 11.2. The van der Waals surface area contributed by atoms with Crippen molar-refractivity contribution in [2.75, 3.05) is 0 Å². The Hall–Kier alpha value is -6.77. The molecule has 250 valence electrons. The van der Waals surface area contributed by atoms with Crippen LogP contribution in [0.1, 0.15) is 23.6 Å². The topological polar surface area (TPSA) is 17.8 Å². The van der Waals surface area contributed by atoms with E-state index in [1.54, 1.807) is 0 Å². The summed E-state index contributed by atoms with van der Waals surface area (Å²) in [6, 6.07) is 72.4. The maximum Gasteiger partial charge on any atom is 0.138 e. The maximum absolute atomic E-state index is 5.42. The summed E-state index contributed by atoms with van der Waals surface area (Å²) >= 11 is 0. The summed E-state index contributed by atoms with van der Waals surface area (Å²) in [5.74, 6) is 0.902. The Morgan fingerprint density at radius 2 is 1.00 bits per heavy atom. The second kappa shape index (κ2) is 12.5. The summed E-state index contributed by atoms with van der Waals surface area (Å²) < 4.78 is 2.39. The third-order valence-electron chi connectivity index (χ3n) is 11.2. The van der Waals surface area contributed by atoms with Crippen LogP contribution in [0.4, 0.5) is 0 Å². The monoisotopic (exact) mass is 676 g/mol. The van der Waals surface area contributed by atoms with Crippen LogP contribution in [-0.4, -0.2) is 9.55 Å². The predicted octanol–water partition coefficient (Wildman–Crippen LogP) is 13.2. The van der Waals surface area contributed by atoms with Crippen LogP contribution < -0.4 is 0 Å². The van der Waals surface area contributed by atoms with Gasteiger partial charge in [-0.25, -0.2) is 4.98 Å². The van der Waals surface area contributed by atoms with Gasteiger partial charge in [0.2, 0.25) is 0 Å². The molecule has 2 heterocycles. The maximum atomic E-state index is 5.42. The van der Waals surface area contributed by atoms with E-state index in [-0.39, 0.29) is 5.41 Å². The summed E-state index contributed by atoms with van der Waals surface area (Å²) in [4.78, 5) is 5.42. The molecule has 8 aromatic carbocycles. The van der Waals surface area contributed by atoms with E-state index in [4.69, 9.17) is 4.98 Å². The van der Waals surface area contributed by atoms with Gasteiger partial charge in [-0.05, 0) is 80.9 Å². The molecule has 0 N–H and O–H groups in total. The molecule has 0 spiro atoms. The lowest BCUT2D eigenvalue weighted by Gasteiger charge is -2.32. The summed E-state index contributed by atoms with van der Waals surface area (Å²) in [6.07, 6.45) is 0. The number of para-hydroxylation sites is 1. The minimum atomic E-state index is -0.386. The standard InChI is InChI=1S/C51H36N2/c1-51(39-18-7-3-8-19-39,40-20-9-4-10-21-40)41-30-31-44-48(33-41)53(47-32-29-37-17-11-12-22-42(37)50(44)47)49-34-45(43-23-13-14-24-46(43)52-49)38-27-25-36(26-28-38)35-15-5-2-6-16-35/h2-34H,1H3. The molecule has 0 fully saturated rings. The molecule has 2 nitrogen and oxygen atoms in total. The van der Waals surface area contributed by atoms with Crippen molar-refractivity contribution in [1.29, 1.82) is 0 Å². The summed E-state index contributed by atoms with van der Waals surface area (Å²) in [7, 11) is 0. The first-order valence-electron chi connectivity index (χ1n) is 18.3. The normalized spacial score (nSPS) is 11.9. The van der Waals surface area contributed by atoms with Gasteiger partial charge in [0.1, 0.15) is 5.82 Å². The lowest BCUT2D eigenvalue weighted by atomic mass is 9.71. The molecule has 0 amide bonds. The highest BCUT2D eigenvalue weighted by atomic mass is 15.1. The van der Waals surface area contributed by atoms with Crippen LogP contribution in [0.3, 0.4) is 0 Å². The Labute approximate surface area is 309 Å². The quantitative estimate of drug-likeness (QED) is 0.160. The second-order valence-electron chi connectivity index (χ2n) is 14.1. The molecule has 0 aliphatic heterocycles. The van der Waals surface area contributed by atoms with E-state index in [1.165, 1.54) is 49.4 Å². The number of fused-ring (bicyclic) bond motifs is 6. The molecule has 0 unspecified atom stereocenters. The van der Waals surface area contributed by atoms with Crippen molar-refractivity contribution < 1.29 is 0 Å². The first kappa shape index (κ1) is 31.0. The van der Waals surface area contributed by atoms with E-state index in [9.17, 15) is 0 Å². The smallest absolute Gasteiger partial charge is 0.138 e. The van der Waals surface area contributed by atoms with Gasteiger partial charge in [-0.2, -0.15) is 0 Å². The highest BCUT2D eigenvalue weighted by Gasteiger charge is 2.32. The fourth-order valence-corrected chi connectivity index (χ4v) is 8.38. The van der Waals surface area contributed by atoms with Gasteiger partial charge in [-0.15, -0.1) is 0 Å². The van der Waals surface area contributed by atoms with E-state index < -0.39 is 0 Å². The van der Waals surface area contributed by atoms with Crippen LogP contribution in [-0.2, 0) is 5.41 Å². The van der Waals surface area contributed by atoms with Crippen LogP contribution in [0.2, 0.25) is 0 Å². The van der Waals surface area contributed by atoms with Crippen molar-refractivity contribution in [2.24, 2.45) is 0 Å². The van der Waals surface area contributed by atoms with Crippen LogP contribution in [0.15, 0.2) is 200 Å². The Bertz CT molecular complexity index is 2880. The van der Waals surface area contributed by atoms with Gasteiger partial charge in [-0.1, -0.05) is 176 Å². The third kappa shape index (κ3) is 5.06. The second-order valence-corrected chi connectivity index (χ2v) is 14.1. The number of pyridine rings is 1. The number of aromatic nitrogens is 2. The molecule has 0 bridgehead atoms. The molecule has 0 radical (unpaired) electrons. The molecule has 53 heavy (non-hydrogen) atoms. The molecule has 0 aliphatic rings. The van der Waals surface area contributed by atoms with E-state index in [1.807, 2.05) is 0 Å². The fourth-order valence-electron chi connectivity index (χ4n) is 8.38. The van der Waals surface area contributed by atoms with Crippen LogP contribution in [0, 0.1) is 0 Å². The first-order chi connectivity index (χ1) is 26.2. The molecule has 0 atom stereocenters. The molecule has 0 saturated heterocycles. The van der Waals surface area contributed by atoms with Gasteiger partial charge >= 0.3 is 0 Å². The number of nitrogens with zero attached hydrogens (tertiary/aromatic N) is 2. The largest absolute Gasteiger partial charge is 0.294 e. The molecule has 0 saturated carbocycles. The van der Waals surface area contributed by atoms with Crippen molar-refractivity contribution in [1.82, 2.24) is 9.55 Å². The van der Waals surface area contributed by atoms with E-state index >= 15 is 0 Å². The minimum absolute atomic E-state index is 0.386. The minimum Gasteiger partial charge on any atom is -0.294 e. The average Bonchev–Trinajstić information content (AvgIpc) is 3.58. The number of rotatable bonds is 6. The van der Waals surface area contributed by atoms with Crippen molar-refractivity contribution in [3.05, 3.63) is 217 Å². The highest BCUT2D eigenvalue weighted by Crippen LogP contribution is 2.43. The van der Waals surface area contributed by atoms with Gasteiger partial charge in [0.25, 0.3) is 0 Å². The van der Waals surface area contributed by atoms with Crippen molar-refractivity contribution in [3.63, 3.8) is 0 Å². The van der Waals surface area contributed by atoms with Crippen molar-refractivity contribution in [2.45, 2.75) is 12.3 Å². The number of benzene rings is 8. The van der Waals surface area contributed by atoms with Crippen molar-refractivity contribution >= 4 is 43.5 Å². The fraction of sp³-hybridized carbons (Fsp3) is 0.0392. The van der Waals surface area contributed by atoms with Gasteiger partial charge in [0, 0.05) is 21.6 Å². The molecular formula is C51H36N2. The lowest BCUT2D eigenvalue weighted by Crippen LogP contribution is -2.25. The molecule has 10 rings (SSSR count). The van der Waals surface area contributed by atoms with Crippen LogP contribution >= 0.6 is 0 Å². The van der Waals surface area contributed by atoms with Gasteiger partial charge in [0.15, 0.2) is 0 Å². The molecular weight excluding hydrogens is 641 g/mol. The highest BCUT2D eigenvalue weighted by molar-refractivity contribution is 6.21. The summed E-state index contributed by atoms with van der Waals surface area (Å²) in [5.41, 5.74) is 11.3. The van der Waals surface area contributed by atoms with E-state index in [0.717, 1.165) is 38.9 Å². The number of hydrogen-bond donors (Lipinski definition) is 0. The van der Waals surface area contributed by atoms with E-state index in [2.05, 4.69) is 212 Å². The van der Waals surface area contributed by atoms with Crippen molar-refractivity contribution in [3.8, 4) is 28.1 Å². The molecule has 0 aliphatic carbocycles. The van der Waals surface area contributed by atoms with Crippen LogP contribution in [0.5, 0.6) is 0 Å². The zero-order chi connectivity index (χ0) is 35.4. The van der Waals surface area contributed by atoms with Crippen LogP contribution in [0.25, 0.3) is 71.6 Å². The van der Waals surface area contributed by atoms with Gasteiger partial charge in [0.05, 0.1) is 16.6 Å². The van der Waals surface area contributed by atoms with Gasteiger partial charge in [-0.3, -0.25) is 4.57 Å². The van der Waals surface area contributed by atoms with E-state index in [0.29, 0.717) is 0 Å². The SMILES string of the molecule is CC(c1ccccc1)(c1ccccc1)c1ccc2c3c4ccccc4ccc3n(-c3cc(-c4ccc(-c5ccccc5)cc4)c4ccccc4n3)c2c1. The molecule has 10 aromatic rings. The Balaban J connectivity index is 1.26. The Kier molecular flexibility index (Phi) is 7.30. The average molecular weight is 677 g/mol. The molecule has 2 heteroatoms. The summed E-state index contributed by atoms with van der Waals surface area (Å²) in [6.45, 7) is 2.35. The zero-order valence-electron chi connectivity index (χ0n) is 29.4. The Morgan fingerprint density at radius 3 is 1.72 bits per heavy atom. The lowest BCUT2D eigenvalue weighted by molar-refractivity contribution is 0.693. The first-order valence-corrected chi connectivity index (χ1v) is 18.3. The van der Waals surface area contributed by atoms with Gasteiger partial charge < -0.3 is 0 Å². The predicted molar refractivity (Wildman–Crippen MR) is 223 cm³/mol. The summed E-state index contributed by atoms with van der Waals surface area (Å²) in [5, 5.41) is 6.07. The number of hydrogen-bond acceptors (Lipinski definition) is 1. The zero-order valence-corrected chi connectivity index (χ0v) is 29.4. The molecule has 2 aromatic heterocycles.